The molecule has 0 unspecified atom stereocenters. The molecule has 12 heteroatoms. The van der Waals surface area contributed by atoms with Gasteiger partial charge in [0.25, 0.3) is 5.91 Å². The van der Waals surface area contributed by atoms with E-state index in [9.17, 15) is 4.79 Å². The molecule has 0 aromatic carbocycles. The first-order chi connectivity index (χ1) is 12.2. The molecule has 3 heterocycles. The molecule has 1 amide bonds. The normalized spacial score (nSPS) is 10.7. The molecule has 0 radical (unpaired) electrons. The molecule has 0 saturated heterocycles. The summed E-state index contributed by atoms with van der Waals surface area (Å²) in [6, 6.07) is 3.52. The van der Waals surface area contributed by atoms with Gasteiger partial charge in [-0.2, -0.15) is 9.78 Å². The smallest absolute Gasteiger partial charge is 0.293 e. The summed E-state index contributed by atoms with van der Waals surface area (Å²) >= 11 is 0. The van der Waals surface area contributed by atoms with Crippen LogP contribution in [0.4, 0.5) is 5.82 Å². The number of nitrogens with two attached hydrogens (primary N) is 1. The Labute approximate surface area is 154 Å². The van der Waals surface area contributed by atoms with E-state index in [0.29, 0.717) is 12.1 Å². The summed E-state index contributed by atoms with van der Waals surface area (Å²) in [5, 5.41) is 18.9. The van der Waals surface area contributed by atoms with Crippen molar-refractivity contribution in [3.05, 3.63) is 41.5 Å². The number of hydrogen-bond acceptors (Lipinski definition) is 9. The van der Waals surface area contributed by atoms with Gasteiger partial charge in [-0.25, -0.2) is 10.1 Å². The summed E-state index contributed by atoms with van der Waals surface area (Å²) in [6.45, 7) is 1.96. The van der Waals surface area contributed by atoms with Gasteiger partial charge in [0.05, 0.1) is 11.9 Å². The Hall–Kier alpha value is -3.34. The van der Waals surface area contributed by atoms with Crippen LogP contribution in [0.15, 0.2) is 34.3 Å². The summed E-state index contributed by atoms with van der Waals surface area (Å²) in [4.78, 5) is 16.3. The van der Waals surface area contributed by atoms with Crippen molar-refractivity contribution in [2.24, 2.45) is 5.10 Å². The molecule has 11 nitrogen and oxygen atoms in total. The highest BCUT2D eigenvalue weighted by Gasteiger charge is 2.23. The number of hydrogen-bond donors (Lipinski definition) is 2. The molecular formula is C14H16ClN9O2. The number of nitrogens with one attached hydrogen (secondary N) is 1. The van der Waals surface area contributed by atoms with E-state index in [4.69, 9.17) is 5.73 Å². The molecule has 3 N–H and O–H groups in total. The van der Waals surface area contributed by atoms with Gasteiger partial charge in [0.15, 0.2) is 5.69 Å². The van der Waals surface area contributed by atoms with E-state index in [1.54, 1.807) is 24.5 Å². The predicted molar refractivity (Wildman–Crippen MR) is 94.2 cm³/mol. The predicted octanol–water partition coefficient (Wildman–Crippen LogP) is 0.766. The minimum absolute atomic E-state index is 0. The maximum Gasteiger partial charge on any atom is 0.293 e. The fraction of sp³-hybridized carbons (Fsp3) is 0.214. The van der Waals surface area contributed by atoms with Crippen LogP contribution >= 0.6 is 12.4 Å². The second kappa shape index (κ2) is 8.67. The van der Waals surface area contributed by atoms with E-state index in [1.165, 1.54) is 10.9 Å². The van der Waals surface area contributed by atoms with Crippen molar-refractivity contribution in [2.45, 2.75) is 19.8 Å². The van der Waals surface area contributed by atoms with E-state index >= 15 is 0 Å². The van der Waals surface area contributed by atoms with Crippen LogP contribution in [0.3, 0.4) is 0 Å². The SMILES string of the molecule is CCCc1c(C(=O)N/N=C/c2ccncc2)nnn1-c1nonc1N.Cl. The Morgan fingerprint density at radius 3 is 2.81 bits per heavy atom. The fourth-order valence-electron chi connectivity index (χ4n) is 2.11. The first-order valence-corrected chi connectivity index (χ1v) is 7.47. The van der Waals surface area contributed by atoms with Gasteiger partial charge >= 0.3 is 0 Å². The van der Waals surface area contributed by atoms with Crippen LogP contribution in [-0.2, 0) is 6.42 Å². The number of hydrazone groups is 1. The van der Waals surface area contributed by atoms with Crippen molar-refractivity contribution in [1.82, 2.24) is 35.7 Å². The van der Waals surface area contributed by atoms with Gasteiger partial charge in [0.2, 0.25) is 11.6 Å². The standard InChI is InChI=1S/C14H15N9O2.ClH/c1-2-3-10-11(18-22-23(10)13-12(15)20-25-21-13)14(24)19-17-8-9-4-6-16-7-5-9;/h4-8H,2-3H2,1H3,(H2,15,20)(H,19,24);1H/b17-8+;. The number of amides is 1. The lowest BCUT2D eigenvalue weighted by molar-refractivity contribution is 0.0949. The highest BCUT2D eigenvalue weighted by atomic mass is 35.5. The van der Waals surface area contributed by atoms with Gasteiger partial charge in [0.1, 0.15) is 0 Å². The largest absolute Gasteiger partial charge is 0.378 e. The molecule has 0 atom stereocenters. The van der Waals surface area contributed by atoms with Crippen molar-refractivity contribution in [3.8, 4) is 5.82 Å². The molecule has 3 rings (SSSR count). The summed E-state index contributed by atoms with van der Waals surface area (Å²) < 4.78 is 5.92. The van der Waals surface area contributed by atoms with Crippen LogP contribution in [0.25, 0.3) is 5.82 Å². The average Bonchev–Trinajstić information content (AvgIpc) is 3.22. The zero-order valence-corrected chi connectivity index (χ0v) is 14.6. The number of anilines is 1. The Kier molecular flexibility index (Phi) is 6.33. The van der Waals surface area contributed by atoms with Crippen LogP contribution in [0, 0.1) is 0 Å². The van der Waals surface area contributed by atoms with Gasteiger partial charge in [-0.3, -0.25) is 9.78 Å². The topological polar surface area (TPSA) is 150 Å². The molecule has 0 saturated carbocycles. The lowest BCUT2D eigenvalue weighted by Crippen LogP contribution is -2.20. The molecule has 3 aromatic rings. The van der Waals surface area contributed by atoms with Crippen molar-refractivity contribution in [3.63, 3.8) is 0 Å². The Morgan fingerprint density at radius 2 is 2.15 bits per heavy atom. The third kappa shape index (κ3) is 4.00. The molecule has 3 aromatic heterocycles. The third-order valence-electron chi connectivity index (χ3n) is 3.25. The minimum atomic E-state index is -0.491. The monoisotopic (exact) mass is 377 g/mol. The zero-order valence-electron chi connectivity index (χ0n) is 13.7. The van der Waals surface area contributed by atoms with Crippen LogP contribution in [0.5, 0.6) is 0 Å². The molecular weight excluding hydrogens is 362 g/mol. The summed E-state index contributed by atoms with van der Waals surface area (Å²) in [7, 11) is 0. The van der Waals surface area contributed by atoms with Gasteiger partial charge in [-0.15, -0.1) is 17.5 Å². The van der Waals surface area contributed by atoms with Gasteiger partial charge in [0, 0.05) is 12.4 Å². The molecule has 0 fully saturated rings. The quantitative estimate of drug-likeness (QED) is 0.472. The van der Waals surface area contributed by atoms with Gasteiger partial charge < -0.3 is 5.73 Å². The number of pyridine rings is 1. The van der Waals surface area contributed by atoms with Gasteiger partial charge in [-0.05, 0) is 34.4 Å². The van der Waals surface area contributed by atoms with Crippen molar-refractivity contribution in [1.29, 1.82) is 0 Å². The fourth-order valence-corrected chi connectivity index (χ4v) is 2.11. The second-order valence-corrected chi connectivity index (χ2v) is 5.00. The number of nitrogens with zero attached hydrogens (tertiary/aromatic N) is 7. The second-order valence-electron chi connectivity index (χ2n) is 5.00. The maximum atomic E-state index is 12.4. The first-order valence-electron chi connectivity index (χ1n) is 7.47. The highest BCUT2D eigenvalue weighted by Crippen LogP contribution is 2.17. The summed E-state index contributed by atoms with van der Waals surface area (Å²) in [5.41, 5.74) is 9.58. The summed E-state index contributed by atoms with van der Waals surface area (Å²) in [6.07, 6.45) is 6.06. The first kappa shape index (κ1) is 19.0. The van der Waals surface area contributed by atoms with Crippen molar-refractivity contribution < 1.29 is 9.42 Å². The molecule has 0 spiro atoms. The van der Waals surface area contributed by atoms with Crippen molar-refractivity contribution in [2.75, 3.05) is 5.73 Å². The maximum absolute atomic E-state index is 12.4. The van der Waals surface area contributed by atoms with Crippen LogP contribution < -0.4 is 11.2 Å². The number of rotatable bonds is 6. The number of aromatic nitrogens is 6. The lowest BCUT2D eigenvalue weighted by atomic mass is 10.2. The number of carbonyl (C=O) groups is 1. The number of nitrogen functional groups attached to an aromatic ring is 1. The average molecular weight is 378 g/mol. The minimum Gasteiger partial charge on any atom is -0.378 e. The molecule has 0 aliphatic rings. The van der Waals surface area contributed by atoms with Gasteiger partial charge in [-0.1, -0.05) is 18.6 Å². The van der Waals surface area contributed by atoms with Crippen LogP contribution in [0.1, 0.15) is 35.1 Å². The zero-order chi connectivity index (χ0) is 17.6. The molecule has 0 bridgehead atoms. The Balaban J connectivity index is 0.00000243. The van der Waals surface area contributed by atoms with E-state index in [-0.39, 0.29) is 29.7 Å². The summed E-state index contributed by atoms with van der Waals surface area (Å²) in [5.74, 6) is -0.241. The highest BCUT2D eigenvalue weighted by molar-refractivity contribution is 5.94. The third-order valence-corrected chi connectivity index (χ3v) is 3.25. The Morgan fingerprint density at radius 1 is 1.38 bits per heavy atom. The van der Waals surface area contributed by atoms with Crippen LogP contribution in [-0.4, -0.2) is 42.4 Å². The van der Waals surface area contributed by atoms with Crippen LogP contribution in [0.2, 0.25) is 0 Å². The van der Waals surface area contributed by atoms with E-state index in [1.807, 2.05) is 6.92 Å². The van der Waals surface area contributed by atoms with E-state index in [0.717, 1.165) is 12.0 Å². The molecule has 0 aliphatic carbocycles. The van der Waals surface area contributed by atoms with E-state index < -0.39 is 5.91 Å². The van der Waals surface area contributed by atoms with E-state index in [2.05, 4.69) is 40.8 Å². The Bertz CT molecular complexity index is 891. The molecule has 0 aliphatic heterocycles. The number of carbonyl (C=O) groups excluding carboxylic acids is 1. The molecule has 136 valence electrons. The lowest BCUT2D eigenvalue weighted by Gasteiger charge is -2.03. The number of halogens is 1. The molecule has 26 heavy (non-hydrogen) atoms. The van der Waals surface area contributed by atoms with Crippen molar-refractivity contribution >= 4 is 30.3 Å².